The third-order valence-electron chi connectivity index (χ3n) is 2.55. The van der Waals surface area contributed by atoms with Gasteiger partial charge in [-0.2, -0.15) is 0 Å². The van der Waals surface area contributed by atoms with Crippen molar-refractivity contribution in [1.82, 2.24) is 0 Å². The predicted molar refractivity (Wildman–Crippen MR) is 73.0 cm³/mol. The van der Waals surface area contributed by atoms with Crippen LogP contribution in [0.4, 0.5) is 21.5 Å². The highest BCUT2D eigenvalue weighted by Crippen LogP contribution is 2.29. The van der Waals surface area contributed by atoms with Crippen molar-refractivity contribution in [3.63, 3.8) is 0 Å². The van der Waals surface area contributed by atoms with Gasteiger partial charge in [0.2, 0.25) is 0 Å². The fourth-order valence-corrected chi connectivity index (χ4v) is 1.93. The van der Waals surface area contributed by atoms with Crippen LogP contribution < -0.4 is 10.6 Å². The first-order valence-corrected chi connectivity index (χ1v) is 5.91. The van der Waals surface area contributed by atoms with Gasteiger partial charge in [0.15, 0.2) is 0 Å². The normalized spacial score (nSPS) is 10.3. The van der Waals surface area contributed by atoms with Gasteiger partial charge in [0.25, 0.3) is 0 Å². The highest BCUT2D eigenvalue weighted by Gasteiger charge is 2.09. The van der Waals surface area contributed by atoms with Crippen LogP contribution in [0.5, 0.6) is 0 Å². The zero-order valence-electron chi connectivity index (χ0n) is 9.32. The SMILES string of the molecule is CN(c1ccc(N)cc1)c1cc(Br)ccc1F. The molecule has 0 atom stereocenters. The molecular formula is C13H12BrFN2. The molecule has 0 radical (unpaired) electrons. The molecule has 0 saturated carbocycles. The van der Waals surface area contributed by atoms with Crippen LogP contribution >= 0.6 is 15.9 Å². The van der Waals surface area contributed by atoms with E-state index in [4.69, 9.17) is 5.73 Å². The Hall–Kier alpha value is -1.55. The maximum Gasteiger partial charge on any atom is 0.146 e. The van der Waals surface area contributed by atoms with Crippen LogP contribution in [0.1, 0.15) is 0 Å². The molecule has 0 aliphatic rings. The van der Waals surface area contributed by atoms with Gasteiger partial charge in [-0.25, -0.2) is 4.39 Å². The van der Waals surface area contributed by atoms with Gasteiger partial charge in [-0.05, 0) is 42.5 Å². The first-order chi connectivity index (χ1) is 8.08. The largest absolute Gasteiger partial charge is 0.399 e. The molecule has 0 aliphatic heterocycles. The monoisotopic (exact) mass is 294 g/mol. The van der Waals surface area contributed by atoms with Gasteiger partial charge in [0.05, 0.1) is 5.69 Å². The van der Waals surface area contributed by atoms with Crippen LogP contribution in [-0.2, 0) is 0 Å². The first kappa shape index (κ1) is 11.9. The van der Waals surface area contributed by atoms with Crippen LogP contribution in [0.25, 0.3) is 0 Å². The molecule has 2 aromatic rings. The molecule has 4 heteroatoms. The Morgan fingerprint density at radius 2 is 1.76 bits per heavy atom. The summed E-state index contributed by atoms with van der Waals surface area (Å²) in [6, 6.07) is 12.2. The minimum Gasteiger partial charge on any atom is -0.399 e. The van der Waals surface area contributed by atoms with Crippen LogP contribution in [-0.4, -0.2) is 7.05 Å². The van der Waals surface area contributed by atoms with Crippen molar-refractivity contribution in [3.05, 3.63) is 52.8 Å². The standard InChI is InChI=1S/C13H12BrFN2/c1-17(11-5-3-10(16)4-6-11)13-8-9(14)2-7-12(13)15/h2-8H,16H2,1H3. The topological polar surface area (TPSA) is 29.3 Å². The highest BCUT2D eigenvalue weighted by atomic mass is 79.9. The summed E-state index contributed by atoms with van der Waals surface area (Å²) in [6.45, 7) is 0. The molecule has 0 heterocycles. The van der Waals surface area contributed by atoms with E-state index in [9.17, 15) is 4.39 Å². The fraction of sp³-hybridized carbons (Fsp3) is 0.0769. The third-order valence-corrected chi connectivity index (χ3v) is 3.04. The molecule has 0 bridgehead atoms. The van der Waals surface area contributed by atoms with E-state index in [2.05, 4.69) is 15.9 Å². The molecular weight excluding hydrogens is 283 g/mol. The highest BCUT2D eigenvalue weighted by molar-refractivity contribution is 9.10. The number of hydrogen-bond donors (Lipinski definition) is 1. The predicted octanol–water partition coefficient (Wildman–Crippen LogP) is 3.94. The van der Waals surface area contributed by atoms with Crippen molar-refractivity contribution in [2.45, 2.75) is 0 Å². The summed E-state index contributed by atoms with van der Waals surface area (Å²) in [7, 11) is 1.82. The quantitative estimate of drug-likeness (QED) is 0.850. The number of nitrogens with two attached hydrogens (primary N) is 1. The second kappa shape index (κ2) is 4.75. The third kappa shape index (κ3) is 2.58. The minimum atomic E-state index is -0.257. The van der Waals surface area contributed by atoms with Crippen molar-refractivity contribution in [3.8, 4) is 0 Å². The zero-order chi connectivity index (χ0) is 12.4. The number of anilines is 3. The lowest BCUT2D eigenvalue weighted by molar-refractivity contribution is 0.627. The van der Waals surface area contributed by atoms with Crippen molar-refractivity contribution in [2.75, 3.05) is 17.7 Å². The molecule has 0 aromatic heterocycles. The Bertz CT molecular complexity index is 525. The summed E-state index contributed by atoms with van der Waals surface area (Å²) in [5.41, 5.74) is 7.71. The molecule has 2 aromatic carbocycles. The van der Waals surface area contributed by atoms with Crippen molar-refractivity contribution in [1.29, 1.82) is 0 Å². The van der Waals surface area contributed by atoms with Crippen LogP contribution in [0, 0.1) is 5.82 Å². The molecule has 0 unspecified atom stereocenters. The van der Waals surface area contributed by atoms with E-state index < -0.39 is 0 Å². The van der Waals surface area contributed by atoms with E-state index in [0.29, 0.717) is 11.4 Å². The molecule has 0 fully saturated rings. The number of rotatable bonds is 2. The van der Waals surface area contributed by atoms with Crippen LogP contribution in [0.3, 0.4) is 0 Å². The average Bonchev–Trinajstić information content (AvgIpc) is 2.32. The fourth-order valence-electron chi connectivity index (χ4n) is 1.58. The summed E-state index contributed by atoms with van der Waals surface area (Å²) in [5, 5.41) is 0. The second-order valence-electron chi connectivity index (χ2n) is 3.75. The molecule has 2 nitrogen and oxygen atoms in total. The molecule has 17 heavy (non-hydrogen) atoms. The molecule has 2 N–H and O–H groups in total. The van der Waals surface area contributed by atoms with Crippen LogP contribution in [0.2, 0.25) is 0 Å². The number of nitrogen functional groups attached to an aromatic ring is 1. The van der Waals surface area contributed by atoms with E-state index in [0.717, 1.165) is 10.2 Å². The lowest BCUT2D eigenvalue weighted by atomic mass is 10.2. The maximum absolute atomic E-state index is 13.7. The van der Waals surface area contributed by atoms with Crippen LogP contribution in [0.15, 0.2) is 46.9 Å². The van der Waals surface area contributed by atoms with Crippen molar-refractivity contribution < 1.29 is 4.39 Å². The summed E-state index contributed by atoms with van der Waals surface area (Å²) >= 11 is 3.34. The summed E-state index contributed by atoms with van der Waals surface area (Å²) in [6.07, 6.45) is 0. The van der Waals surface area contributed by atoms with Gasteiger partial charge >= 0.3 is 0 Å². The van der Waals surface area contributed by atoms with Gasteiger partial charge in [0, 0.05) is 22.9 Å². The molecule has 0 spiro atoms. The molecule has 0 amide bonds. The van der Waals surface area contributed by atoms with Gasteiger partial charge in [-0.1, -0.05) is 15.9 Å². The molecule has 2 rings (SSSR count). The lowest BCUT2D eigenvalue weighted by Crippen LogP contribution is -2.11. The van der Waals surface area contributed by atoms with Gasteiger partial charge in [-0.3, -0.25) is 0 Å². The average molecular weight is 295 g/mol. The van der Waals surface area contributed by atoms with E-state index in [1.807, 2.05) is 19.2 Å². The Morgan fingerprint density at radius 1 is 1.12 bits per heavy atom. The molecule has 0 saturated heterocycles. The van der Waals surface area contributed by atoms with E-state index in [1.165, 1.54) is 6.07 Å². The number of hydrogen-bond acceptors (Lipinski definition) is 2. The van der Waals surface area contributed by atoms with E-state index in [-0.39, 0.29) is 5.82 Å². The summed E-state index contributed by atoms with van der Waals surface area (Å²) < 4.78 is 14.5. The number of benzene rings is 2. The first-order valence-electron chi connectivity index (χ1n) is 5.12. The maximum atomic E-state index is 13.7. The minimum absolute atomic E-state index is 0.257. The molecule has 88 valence electrons. The molecule has 0 aliphatic carbocycles. The van der Waals surface area contributed by atoms with Crippen molar-refractivity contribution >= 4 is 33.0 Å². The Balaban J connectivity index is 2.39. The van der Waals surface area contributed by atoms with E-state index >= 15 is 0 Å². The van der Waals surface area contributed by atoms with Gasteiger partial charge < -0.3 is 10.6 Å². The Labute approximate surface area is 108 Å². The smallest absolute Gasteiger partial charge is 0.146 e. The lowest BCUT2D eigenvalue weighted by Gasteiger charge is -2.20. The Morgan fingerprint density at radius 3 is 2.41 bits per heavy atom. The summed E-state index contributed by atoms with van der Waals surface area (Å²) in [5.74, 6) is -0.257. The second-order valence-corrected chi connectivity index (χ2v) is 4.66. The summed E-state index contributed by atoms with van der Waals surface area (Å²) in [4.78, 5) is 1.78. The number of halogens is 2. The van der Waals surface area contributed by atoms with E-state index in [1.54, 1.807) is 29.2 Å². The van der Waals surface area contributed by atoms with Gasteiger partial charge in [-0.15, -0.1) is 0 Å². The van der Waals surface area contributed by atoms with Gasteiger partial charge in [0.1, 0.15) is 5.82 Å². The van der Waals surface area contributed by atoms with Crippen molar-refractivity contribution in [2.24, 2.45) is 0 Å². The Kier molecular flexibility index (Phi) is 3.33. The number of nitrogens with zero attached hydrogens (tertiary/aromatic N) is 1. The zero-order valence-corrected chi connectivity index (χ0v) is 10.9.